The lowest BCUT2D eigenvalue weighted by Gasteiger charge is -2.19. The summed E-state index contributed by atoms with van der Waals surface area (Å²) in [6, 6.07) is 0. The van der Waals surface area contributed by atoms with Crippen LogP contribution in [0.15, 0.2) is 12.2 Å². The molecule has 0 N–H and O–H groups in total. The predicted octanol–water partition coefficient (Wildman–Crippen LogP) is 4.42. The molecule has 72 valence electrons. The van der Waals surface area contributed by atoms with Crippen molar-refractivity contribution in [3.05, 3.63) is 12.2 Å². The van der Waals surface area contributed by atoms with Gasteiger partial charge in [0.05, 0.1) is 0 Å². The Morgan fingerprint density at radius 1 is 1.17 bits per heavy atom. The van der Waals surface area contributed by atoms with Crippen LogP contribution in [0.2, 0.25) is 0 Å². The van der Waals surface area contributed by atoms with E-state index in [2.05, 4.69) is 46.8 Å². The van der Waals surface area contributed by atoms with Crippen LogP contribution in [0, 0.1) is 11.3 Å². The van der Waals surface area contributed by atoms with Gasteiger partial charge < -0.3 is 0 Å². The van der Waals surface area contributed by atoms with Crippen molar-refractivity contribution in [3.63, 3.8) is 0 Å². The molecule has 0 fully saturated rings. The normalized spacial score (nSPS) is 13.2. The van der Waals surface area contributed by atoms with E-state index in [4.69, 9.17) is 0 Å². The summed E-state index contributed by atoms with van der Waals surface area (Å²) in [5.41, 5.74) is 0.494. The number of allylic oxidation sites excluding steroid dienone is 2. The summed E-state index contributed by atoms with van der Waals surface area (Å²) in [4.78, 5) is 0. The summed E-state index contributed by atoms with van der Waals surface area (Å²) in [6.45, 7) is 11.4. The molecule has 0 aliphatic carbocycles. The van der Waals surface area contributed by atoms with Gasteiger partial charge in [-0.15, -0.1) is 0 Å². The molecule has 0 atom stereocenters. The SMILES string of the molecule is CCC(C)(C)CC=CCC(C)C. The summed E-state index contributed by atoms with van der Waals surface area (Å²) in [7, 11) is 0. The topological polar surface area (TPSA) is 0 Å². The van der Waals surface area contributed by atoms with Gasteiger partial charge in [0.1, 0.15) is 0 Å². The summed E-state index contributed by atoms with van der Waals surface area (Å²) in [5.74, 6) is 0.797. The van der Waals surface area contributed by atoms with Crippen LogP contribution in [0.3, 0.4) is 0 Å². The van der Waals surface area contributed by atoms with Gasteiger partial charge in [-0.2, -0.15) is 0 Å². The van der Waals surface area contributed by atoms with Crippen molar-refractivity contribution in [1.29, 1.82) is 0 Å². The molecule has 0 aliphatic heterocycles. The standard InChI is InChI=1S/C12H24/c1-6-12(4,5)10-8-7-9-11(2)3/h7-8,11H,6,9-10H2,1-5H3. The van der Waals surface area contributed by atoms with Gasteiger partial charge in [0.2, 0.25) is 0 Å². The van der Waals surface area contributed by atoms with Gasteiger partial charge in [-0.1, -0.05) is 53.2 Å². The van der Waals surface area contributed by atoms with Gasteiger partial charge in [0, 0.05) is 0 Å². The van der Waals surface area contributed by atoms with Crippen molar-refractivity contribution in [2.45, 2.75) is 53.9 Å². The van der Waals surface area contributed by atoms with Crippen molar-refractivity contribution in [1.82, 2.24) is 0 Å². The first kappa shape index (κ1) is 11.7. The lowest BCUT2D eigenvalue weighted by atomic mass is 9.86. The molecular weight excluding hydrogens is 144 g/mol. The number of hydrogen-bond acceptors (Lipinski definition) is 0. The smallest absolute Gasteiger partial charge is 0.0299 e. The van der Waals surface area contributed by atoms with Crippen LogP contribution < -0.4 is 0 Å². The van der Waals surface area contributed by atoms with Crippen LogP contribution in [0.5, 0.6) is 0 Å². The Balaban J connectivity index is 3.60. The molecule has 0 aromatic carbocycles. The third-order valence-corrected chi connectivity index (χ3v) is 2.40. The zero-order chi connectivity index (χ0) is 9.61. The number of rotatable bonds is 5. The Labute approximate surface area is 78.1 Å². The molecular formula is C12H24. The predicted molar refractivity (Wildman–Crippen MR) is 57.3 cm³/mol. The first-order valence-electron chi connectivity index (χ1n) is 5.13. The van der Waals surface area contributed by atoms with Gasteiger partial charge in [-0.3, -0.25) is 0 Å². The van der Waals surface area contributed by atoms with E-state index < -0.39 is 0 Å². The molecule has 0 saturated carbocycles. The van der Waals surface area contributed by atoms with Crippen LogP contribution in [0.4, 0.5) is 0 Å². The molecule has 0 aromatic heterocycles. The van der Waals surface area contributed by atoms with E-state index in [1.165, 1.54) is 19.3 Å². The molecule has 0 bridgehead atoms. The van der Waals surface area contributed by atoms with E-state index in [9.17, 15) is 0 Å². The van der Waals surface area contributed by atoms with Crippen molar-refractivity contribution in [2.75, 3.05) is 0 Å². The Morgan fingerprint density at radius 2 is 1.75 bits per heavy atom. The molecule has 0 heteroatoms. The highest BCUT2D eigenvalue weighted by molar-refractivity contribution is 4.87. The molecule has 0 aromatic rings. The molecule has 0 aliphatic rings. The van der Waals surface area contributed by atoms with Gasteiger partial charge >= 0.3 is 0 Å². The third kappa shape index (κ3) is 6.45. The zero-order valence-electron chi connectivity index (χ0n) is 9.35. The third-order valence-electron chi connectivity index (χ3n) is 2.40. The summed E-state index contributed by atoms with van der Waals surface area (Å²) in [5, 5.41) is 0. The van der Waals surface area contributed by atoms with E-state index in [1.807, 2.05) is 0 Å². The molecule has 0 rings (SSSR count). The van der Waals surface area contributed by atoms with Crippen LogP contribution >= 0.6 is 0 Å². The highest BCUT2D eigenvalue weighted by Crippen LogP contribution is 2.24. The molecule has 0 nitrogen and oxygen atoms in total. The lowest BCUT2D eigenvalue weighted by Crippen LogP contribution is -2.07. The molecule has 0 spiro atoms. The number of hydrogen-bond donors (Lipinski definition) is 0. The van der Waals surface area contributed by atoms with Crippen LogP contribution in [0.1, 0.15) is 53.9 Å². The highest BCUT2D eigenvalue weighted by atomic mass is 14.2. The lowest BCUT2D eigenvalue weighted by molar-refractivity contribution is 0.356. The van der Waals surface area contributed by atoms with Gasteiger partial charge in [0.25, 0.3) is 0 Å². The quantitative estimate of drug-likeness (QED) is 0.533. The van der Waals surface area contributed by atoms with Crippen molar-refractivity contribution < 1.29 is 0 Å². The van der Waals surface area contributed by atoms with Crippen LogP contribution in [-0.4, -0.2) is 0 Å². The maximum absolute atomic E-state index is 2.34. The molecule has 0 amide bonds. The zero-order valence-corrected chi connectivity index (χ0v) is 9.35. The van der Waals surface area contributed by atoms with Gasteiger partial charge in [-0.25, -0.2) is 0 Å². The fourth-order valence-corrected chi connectivity index (χ4v) is 0.915. The summed E-state index contributed by atoms with van der Waals surface area (Å²) >= 11 is 0. The first-order valence-corrected chi connectivity index (χ1v) is 5.13. The fraction of sp³-hybridized carbons (Fsp3) is 0.833. The largest absolute Gasteiger partial charge is 0.0883 e. The second-order valence-corrected chi connectivity index (χ2v) is 4.82. The Morgan fingerprint density at radius 3 is 2.17 bits per heavy atom. The maximum atomic E-state index is 2.34. The summed E-state index contributed by atoms with van der Waals surface area (Å²) < 4.78 is 0. The van der Waals surface area contributed by atoms with E-state index in [0.717, 1.165) is 5.92 Å². The minimum atomic E-state index is 0.494. The highest BCUT2D eigenvalue weighted by Gasteiger charge is 2.11. The fourth-order valence-electron chi connectivity index (χ4n) is 0.915. The average Bonchev–Trinajstić information content (AvgIpc) is 1.98. The van der Waals surface area contributed by atoms with Crippen LogP contribution in [0.25, 0.3) is 0 Å². The van der Waals surface area contributed by atoms with E-state index >= 15 is 0 Å². The Hall–Kier alpha value is -0.260. The first-order chi connectivity index (χ1) is 5.48. The minimum absolute atomic E-state index is 0.494. The summed E-state index contributed by atoms with van der Waals surface area (Å²) in [6.07, 6.45) is 8.36. The second-order valence-electron chi connectivity index (χ2n) is 4.82. The van der Waals surface area contributed by atoms with Crippen molar-refractivity contribution >= 4 is 0 Å². The second kappa shape index (κ2) is 5.40. The Kier molecular flexibility index (Phi) is 5.28. The van der Waals surface area contributed by atoms with Crippen molar-refractivity contribution in [3.8, 4) is 0 Å². The maximum Gasteiger partial charge on any atom is -0.0299 e. The average molecular weight is 168 g/mol. The minimum Gasteiger partial charge on any atom is -0.0883 e. The molecule has 0 saturated heterocycles. The molecule has 12 heavy (non-hydrogen) atoms. The Bertz CT molecular complexity index is 129. The van der Waals surface area contributed by atoms with Gasteiger partial charge in [0.15, 0.2) is 0 Å². The van der Waals surface area contributed by atoms with E-state index in [1.54, 1.807) is 0 Å². The monoisotopic (exact) mass is 168 g/mol. The molecule has 0 heterocycles. The van der Waals surface area contributed by atoms with Crippen LogP contribution in [-0.2, 0) is 0 Å². The molecule has 0 unspecified atom stereocenters. The van der Waals surface area contributed by atoms with E-state index in [-0.39, 0.29) is 0 Å². The molecule has 0 radical (unpaired) electrons. The van der Waals surface area contributed by atoms with Gasteiger partial charge in [-0.05, 0) is 24.2 Å². The van der Waals surface area contributed by atoms with E-state index in [0.29, 0.717) is 5.41 Å². The van der Waals surface area contributed by atoms with Crippen molar-refractivity contribution in [2.24, 2.45) is 11.3 Å².